The molecule has 3 atom stereocenters. The van der Waals surface area contributed by atoms with Gasteiger partial charge in [0.15, 0.2) is 0 Å². The summed E-state index contributed by atoms with van der Waals surface area (Å²) < 4.78 is 36.1. The molecule has 1 aliphatic rings. The van der Waals surface area contributed by atoms with E-state index in [0.29, 0.717) is 0 Å². The van der Waals surface area contributed by atoms with E-state index in [0.717, 1.165) is 0 Å². The maximum absolute atomic E-state index is 12.0. The lowest BCUT2D eigenvalue weighted by Gasteiger charge is -2.03. The minimum atomic E-state index is -4.28. The lowest BCUT2D eigenvalue weighted by molar-refractivity contribution is -0.152. The fourth-order valence-electron chi connectivity index (χ4n) is 1.52. The molecule has 0 aliphatic heterocycles. The summed E-state index contributed by atoms with van der Waals surface area (Å²) in [6, 6.07) is -0.903. The smallest absolute Gasteiger partial charge is 0.393 e. The van der Waals surface area contributed by atoms with Gasteiger partial charge in [-0.15, -0.1) is 0 Å². The Bertz CT molecular complexity index is 216. The van der Waals surface area contributed by atoms with Crippen LogP contribution in [-0.4, -0.2) is 23.3 Å². The first-order valence-electron chi connectivity index (χ1n) is 3.88. The lowest BCUT2D eigenvalue weighted by Crippen LogP contribution is -2.17. The number of aliphatic carboxylic acids is 1. The highest BCUT2D eigenvalue weighted by Crippen LogP contribution is 2.51. The number of alkyl halides is 3. The Morgan fingerprint density at radius 3 is 2.31 bits per heavy atom. The maximum atomic E-state index is 12.0. The van der Waals surface area contributed by atoms with Crippen molar-refractivity contribution >= 4 is 5.97 Å². The van der Waals surface area contributed by atoms with Crippen LogP contribution in [0.3, 0.4) is 0 Å². The number of rotatable bonds is 3. The number of carbonyl (C=O) groups is 1. The number of carboxylic acids is 1. The van der Waals surface area contributed by atoms with Gasteiger partial charge in [0.05, 0.1) is 5.92 Å². The fourth-order valence-corrected chi connectivity index (χ4v) is 1.52. The number of hydrogen-bond donors (Lipinski definition) is 2. The van der Waals surface area contributed by atoms with Crippen LogP contribution in [0.2, 0.25) is 0 Å². The second kappa shape index (κ2) is 3.17. The standard InChI is InChI=1S/C7H10F3NO2/c8-7(9,10)5-3(6(5)11)1-2-4(12)13/h3,5-6H,1-2,11H2,(H,12,13)/t3-,5+,6-/m0/s1. The van der Waals surface area contributed by atoms with Gasteiger partial charge in [-0.05, 0) is 12.3 Å². The highest BCUT2D eigenvalue weighted by molar-refractivity contribution is 5.66. The van der Waals surface area contributed by atoms with Crippen molar-refractivity contribution in [1.29, 1.82) is 0 Å². The third-order valence-electron chi connectivity index (χ3n) is 2.30. The second-order valence-corrected chi connectivity index (χ2v) is 3.24. The quantitative estimate of drug-likeness (QED) is 0.709. The summed E-state index contributed by atoms with van der Waals surface area (Å²) in [6.07, 6.45) is -4.51. The predicted molar refractivity (Wildman–Crippen MR) is 37.9 cm³/mol. The Morgan fingerprint density at radius 2 is 2.00 bits per heavy atom. The van der Waals surface area contributed by atoms with Crippen molar-refractivity contribution in [2.75, 3.05) is 0 Å². The third-order valence-corrected chi connectivity index (χ3v) is 2.30. The van der Waals surface area contributed by atoms with Crippen LogP contribution in [0.5, 0.6) is 0 Å². The molecule has 3 nitrogen and oxygen atoms in total. The summed E-state index contributed by atoms with van der Waals surface area (Å²) in [4.78, 5) is 10.1. The van der Waals surface area contributed by atoms with Gasteiger partial charge in [0.2, 0.25) is 0 Å². The van der Waals surface area contributed by atoms with Crippen molar-refractivity contribution in [2.24, 2.45) is 17.6 Å². The predicted octanol–water partition coefficient (Wildman–Crippen LogP) is 0.987. The lowest BCUT2D eigenvalue weighted by atomic mass is 10.2. The van der Waals surface area contributed by atoms with Crippen molar-refractivity contribution < 1.29 is 23.1 Å². The Labute approximate surface area is 72.7 Å². The van der Waals surface area contributed by atoms with Gasteiger partial charge >= 0.3 is 12.1 Å². The van der Waals surface area contributed by atoms with Crippen LogP contribution in [0, 0.1) is 11.8 Å². The molecule has 0 heterocycles. The Kier molecular flexibility index (Phi) is 2.51. The molecule has 0 radical (unpaired) electrons. The summed E-state index contributed by atoms with van der Waals surface area (Å²) in [6.45, 7) is 0. The van der Waals surface area contributed by atoms with Gasteiger partial charge in [0, 0.05) is 12.5 Å². The van der Waals surface area contributed by atoms with E-state index in [-0.39, 0.29) is 12.8 Å². The van der Waals surface area contributed by atoms with Crippen LogP contribution in [0.1, 0.15) is 12.8 Å². The number of nitrogens with two attached hydrogens (primary N) is 1. The van der Waals surface area contributed by atoms with E-state index in [9.17, 15) is 18.0 Å². The molecule has 1 fully saturated rings. The summed E-state index contributed by atoms with van der Waals surface area (Å²) in [5.41, 5.74) is 5.17. The van der Waals surface area contributed by atoms with Crippen LogP contribution < -0.4 is 5.73 Å². The summed E-state index contributed by atoms with van der Waals surface area (Å²) in [7, 11) is 0. The van der Waals surface area contributed by atoms with E-state index in [1.54, 1.807) is 0 Å². The number of hydrogen-bond acceptors (Lipinski definition) is 2. The molecule has 1 aliphatic carbocycles. The van der Waals surface area contributed by atoms with Crippen molar-refractivity contribution in [3.63, 3.8) is 0 Å². The zero-order chi connectivity index (χ0) is 10.2. The molecule has 0 spiro atoms. The zero-order valence-corrected chi connectivity index (χ0v) is 6.71. The second-order valence-electron chi connectivity index (χ2n) is 3.24. The van der Waals surface area contributed by atoms with E-state index in [1.165, 1.54) is 0 Å². The van der Waals surface area contributed by atoms with Crippen molar-refractivity contribution in [3.05, 3.63) is 0 Å². The summed E-state index contributed by atoms with van der Waals surface area (Å²) >= 11 is 0. The third kappa shape index (κ3) is 2.33. The molecular formula is C7H10F3NO2. The Morgan fingerprint density at radius 1 is 1.46 bits per heavy atom. The van der Waals surface area contributed by atoms with Gasteiger partial charge in [-0.1, -0.05) is 0 Å². The van der Waals surface area contributed by atoms with Crippen LogP contribution in [-0.2, 0) is 4.79 Å². The average Bonchev–Trinajstić information content (AvgIpc) is 2.55. The average molecular weight is 197 g/mol. The highest BCUT2D eigenvalue weighted by atomic mass is 19.4. The van der Waals surface area contributed by atoms with Gasteiger partial charge in [0.25, 0.3) is 0 Å². The van der Waals surface area contributed by atoms with Crippen molar-refractivity contribution in [1.82, 2.24) is 0 Å². The molecule has 3 N–H and O–H groups in total. The Hall–Kier alpha value is -0.780. The highest BCUT2D eigenvalue weighted by Gasteiger charge is 2.62. The molecule has 1 rings (SSSR count). The van der Waals surface area contributed by atoms with Crippen molar-refractivity contribution in [2.45, 2.75) is 25.1 Å². The minimum absolute atomic E-state index is 0.0146. The normalized spacial score (nSPS) is 33.1. The summed E-state index contributed by atoms with van der Waals surface area (Å²) in [5, 5.41) is 8.24. The molecule has 0 aromatic heterocycles. The van der Waals surface area contributed by atoms with Gasteiger partial charge in [-0.3, -0.25) is 4.79 Å². The minimum Gasteiger partial charge on any atom is -0.481 e. The summed E-state index contributed by atoms with van der Waals surface area (Å²) in [5.74, 6) is -3.28. The molecule has 1 saturated carbocycles. The molecule has 0 aromatic carbocycles. The largest absolute Gasteiger partial charge is 0.481 e. The first-order valence-corrected chi connectivity index (χ1v) is 3.88. The number of halogens is 3. The van der Waals surface area contributed by atoms with Gasteiger partial charge in [-0.2, -0.15) is 13.2 Å². The van der Waals surface area contributed by atoms with Gasteiger partial charge in [0.1, 0.15) is 0 Å². The van der Waals surface area contributed by atoms with E-state index in [4.69, 9.17) is 10.8 Å². The van der Waals surface area contributed by atoms with E-state index < -0.39 is 30.0 Å². The molecular weight excluding hydrogens is 187 g/mol. The van der Waals surface area contributed by atoms with Gasteiger partial charge in [-0.25, -0.2) is 0 Å². The first kappa shape index (κ1) is 10.3. The van der Waals surface area contributed by atoms with E-state index >= 15 is 0 Å². The molecule has 13 heavy (non-hydrogen) atoms. The van der Waals surface area contributed by atoms with Gasteiger partial charge < -0.3 is 10.8 Å². The maximum Gasteiger partial charge on any atom is 0.393 e. The first-order chi connectivity index (χ1) is 5.84. The molecule has 76 valence electrons. The Balaban J connectivity index is 2.36. The van der Waals surface area contributed by atoms with Crippen LogP contribution in [0.15, 0.2) is 0 Å². The van der Waals surface area contributed by atoms with Crippen LogP contribution in [0.4, 0.5) is 13.2 Å². The molecule has 0 bridgehead atoms. The number of carboxylic acid groups (broad SMARTS) is 1. The molecule has 0 saturated heterocycles. The van der Waals surface area contributed by atoms with E-state index in [1.807, 2.05) is 0 Å². The van der Waals surface area contributed by atoms with Crippen LogP contribution in [0.25, 0.3) is 0 Å². The molecule has 0 aromatic rings. The monoisotopic (exact) mass is 197 g/mol. The van der Waals surface area contributed by atoms with Crippen molar-refractivity contribution in [3.8, 4) is 0 Å². The van der Waals surface area contributed by atoms with Crippen LogP contribution >= 0.6 is 0 Å². The molecule has 6 heteroatoms. The molecule has 0 amide bonds. The fraction of sp³-hybridized carbons (Fsp3) is 0.857. The molecule has 0 unspecified atom stereocenters. The topological polar surface area (TPSA) is 63.3 Å². The van der Waals surface area contributed by atoms with E-state index in [2.05, 4.69) is 0 Å². The zero-order valence-electron chi connectivity index (χ0n) is 6.71. The SMILES string of the molecule is N[C@H]1[C@@H](CCC(=O)O)[C@H]1C(F)(F)F.